The largest absolute Gasteiger partial charge is 0.443 e. The number of hydrogen-bond acceptors (Lipinski definition) is 7. The number of ether oxygens (including phenoxy) is 1. The average molecular weight is 413 g/mol. The minimum atomic E-state index is -4.24. The third kappa shape index (κ3) is 3.56. The molecule has 11 heteroatoms. The first-order valence-corrected chi connectivity index (χ1v) is 10.4. The number of carbonyl (C=O) groups is 1. The second kappa shape index (κ2) is 6.98. The Morgan fingerprint density at radius 2 is 1.86 bits per heavy atom. The number of aliphatic hydroxyl groups excluding tert-OH is 1. The molecule has 1 saturated heterocycles. The number of nitrogens with zero attached hydrogens (tertiary/aromatic N) is 3. The summed E-state index contributed by atoms with van der Waals surface area (Å²) in [6.07, 6.45) is -0.485. The van der Waals surface area contributed by atoms with Crippen molar-refractivity contribution in [1.29, 1.82) is 0 Å². The van der Waals surface area contributed by atoms with Gasteiger partial charge in [-0.1, -0.05) is 10.8 Å². The summed E-state index contributed by atoms with van der Waals surface area (Å²) < 4.78 is 32.8. The highest BCUT2D eigenvalue weighted by molar-refractivity contribution is 7.89. The van der Waals surface area contributed by atoms with E-state index < -0.39 is 44.8 Å². The lowest BCUT2D eigenvalue weighted by Gasteiger charge is -2.33. The van der Waals surface area contributed by atoms with E-state index in [1.54, 1.807) is 20.8 Å². The molecule has 3 unspecified atom stereocenters. The average Bonchev–Trinajstić information content (AvgIpc) is 3.15. The highest BCUT2D eigenvalue weighted by Crippen LogP contribution is 2.44. The summed E-state index contributed by atoms with van der Waals surface area (Å²) in [5, 5.41) is 22.2. The van der Waals surface area contributed by atoms with Gasteiger partial charge in [-0.15, -0.1) is 0 Å². The Morgan fingerprint density at radius 3 is 2.39 bits per heavy atom. The zero-order valence-electron chi connectivity index (χ0n) is 15.8. The first kappa shape index (κ1) is 20.5. The number of benzene rings is 1. The first-order valence-electron chi connectivity index (χ1n) is 8.92. The fourth-order valence-corrected chi connectivity index (χ4v) is 5.40. The van der Waals surface area contributed by atoms with E-state index in [1.807, 2.05) is 0 Å². The Morgan fingerprint density at radius 1 is 1.25 bits per heavy atom. The van der Waals surface area contributed by atoms with Crippen molar-refractivity contribution in [3.8, 4) is 0 Å². The topological polar surface area (TPSA) is 130 Å². The van der Waals surface area contributed by atoms with Gasteiger partial charge in [0.1, 0.15) is 5.60 Å². The minimum Gasteiger partial charge on any atom is -0.443 e. The van der Waals surface area contributed by atoms with Gasteiger partial charge >= 0.3 is 6.09 Å². The molecule has 1 aromatic carbocycles. The molecule has 28 heavy (non-hydrogen) atoms. The SMILES string of the molecule is CC(C)(C)OC(=O)N1C(O)C2CCCC2N1S(=O)(=O)c1ccc([N+](=O)[O-])cc1. The molecular formula is C17H23N3O7S. The van der Waals surface area contributed by atoms with Gasteiger partial charge in [-0.05, 0) is 45.7 Å². The highest BCUT2D eigenvalue weighted by Gasteiger charge is 2.57. The molecule has 1 saturated carbocycles. The van der Waals surface area contributed by atoms with Gasteiger partial charge in [0.05, 0.1) is 15.9 Å². The van der Waals surface area contributed by atoms with Gasteiger partial charge in [-0.25, -0.2) is 13.2 Å². The van der Waals surface area contributed by atoms with Crippen molar-refractivity contribution >= 4 is 21.8 Å². The van der Waals surface area contributed by atoms with Crippen LogP contribution in [0.15, 0.2) is 29.2 Å². The number of aliphatic hydroxyl groups is 1. The lowest BCUT2D eigenvalue weighted by molar-refractivity contribution is -0.384. The molecule has 1 amide bonds. The van der Waals surface area contributed by atoms with Crippen LogP contribution in [0, 0.1) is 16.0 Å². The second-order valence-electron chi connectivity index (χ2n) is 7.93. The molecule has 2 fully saturated rings. The van der Waals surface area contributed by atoms with Crippen molar-refractivity contribution in [2.24, 2.45) is 5.92 Å². The molecule has 3 atom stereocenters. The van der Waals surface area contributed by atoms with Gasteiger partial charge in [0.25, 0.3) is 15.7 Å². The Labute approximate surface area is 162 Å². The third-order valence-electron chi connectivity index (χ3n) is 4.83. The van der Waals surface area contributed by atoms with Gasteiger partial charge < -0.3 is 9.84 Å². The lowest BCUT2D eigenvalue weighted by Crippen LogP contribution is -2.52. The van der Waals surface area contributed by atoms with E-state index in [1.165, 1.54) is 0 Å². The fraction of sp³-hybridized carbons (Fsp3) is 0.588. The van der Waals surface area contributed by atoms with Crippen LogP contribution in [0.5, 0.6) is 0 Å². The Bertz CT molecular complexity index is 879. The van der Waals surface area contributed by atoms with E-state index in [9.17, 15) is 28.4 Å². The summed E-state index contributed by atoms with van der Waals surface area (Å²) in [5.41, 5.74) is -1.12. The molecule has 154 valence electrons. The van der Waals surface area contributed by atoms with Crippen LogP contribution in [0.4, 0.5) is 10.5 Å². The van der Waals surface area contributed by atoms with Gasteiger partial charge in [-0.2, -0.15) is 5.01 Å². The van der Waals surface area contributed by atoms with Gasteiger partial charge in [0, 0.05) is 18.1 Å². The normalized spacial score (nSPS) is 25.6. The second-order valence-corrected chi connectivity index (χ2v) is 9.72. The molecule has 3 rings (SSSR count). The maximum absolute atomic E-state index is 13.3. The van der Waals surface area contributed by atoms with Gasteiger partial charge in [0.15, 0.2) is 6.23 Å². The maximum Gasteiger partial charge on any atom is 0.428 e. The van der Waals surface area contributed by atoms with Crippen molar-refractivity contribution < 1.29 is 28.0 Å². The van der Waals surface area contributed by atoms with Crippen LogP contribution in [0.3, 0.4) is 0 Å². The summed E-state index contributed by atoms with van der Waals surface area (Å²) in [7, 11) is -4.24. The molecule has 0 spiro atoms. The molecule has 10 nitrogen and oxygen atoms in total. The predicted molar refractivity (Wildman–Crippen MR) is 97.3 cm³/mol. The molecule has 0 bridgehead atoms. The summed E-state index contributed by atoms with van der Waals surface area (Å²) in [5.74, 6) is -0.416. The van der Waals surface area contributed by atoms with Crippen LogP contribution in [-0.2, 0) is 14.8 Å². The lowest BCUT2D eigenvalue weighted by atomic mass is 10.0. The van der Waals surface area contributed by atoms with Gasteiger partial charge in [-0.3, -0.25) is 10.1 Å². The number of nitro groups is 1. The van der Waals surface area contributed by atoms with Crippen LogP contribution in [-0.4, -0.2) is 51.8 Å². The van der Waals surface area contributed by atoms with Crippen molar-refractivity contribution in [3.63, 3.8) is 0 Å². The smallest absolute Gasteiger partial charge is 0.428 e. The molecule has 1 N–H and O–H groups in total. The number of amides is 1. The number of carbonyl (C=O) groups excluding carboxylic acids is 1. The van der Waals surface area contributed by atoms with Crippen molar-refractivity contribution in [2.75, 3.05) is 0 Å². The zero-order valence-corrected chi connectivity index (χ0v) is 16.6. The Kier molecular flexibility index (Phi) is 5.11. The van der Waals surface area contributed by atoms with E-state index in [4.69, 9.17) is 4.74 Å². The summed E-state index contributed by atoms with van der Waals surface area (Å²) in [6.45, 7) is 4.93. The number of hydrogen-bond donors (Lipinski definition) is 1. The van der Waals surface area contributed by atoms with E-state index >= 15 is 0 Å². The molecule has 0 aromatic heterocycles. The van der Waals surface area contributed by atoms with Crippen molar-refractivity contribution in [1.82, 2.24) is 9.42 Å². The molecule has 1 heterocycles. The number of rotatable bonds is 3. The molecule has 0 radical (unpaired) electrons. The monoisotopic (exact) mass is 413 g/mol. The third-order valence-corrected chi connectivity index (χ3v) is 6.64. The van der Waals surface area contributed by atoms with Crippen LogP contribution < -0.4 is 0 Å². The van der Waals surface area contributed by atoms with E-state index in [0.29, 0.717) is 12.8 Å². The van der Waals surface area contributed by atoms with E-state index in [0.717, 1.165) is 40.1 Å². The Balaban J connectivity index is 2.01. The van der Waals surface area contributed by atoms with Crippen molar-refractivity contribution in [3.05, 3.63) is 34.4 Å². The quantitative estimate of drug-likeness (QED) is 0.594. The van der Waals surface area contributed by atoms with Gasteiger partial charge in [0.2, 0.25) is 0 Å². The minimum absolute atomic E-state index is 0.202. The predicted octanol–water partition coefficient (Wildman–Crippen LogP) is 2.24. The van der Waals surface area contributed by atoms with E-state index in [2.05, 4.69) is 0 Å². The summed E-state index contributed by atoms with van der Waals surface area (Å²) in [6, 6.07) is 3.83. The number of nitro benzene ring substituents is 1. The van der Waals surface area contributed by atoms with Crippen LogP contribution in [0.2, 0.25) is 0 Å². The first-order chi connectivity index (χ1) is 12.9. The fourth-order valence-electron chi connectivity index (χ4n) is 3.69. The number of fused-ring (bicyclic) bond motifs is 1. The summed E-state index contributed by atoms with van der Waals surface area (Å²) >= 11 is 0. The van der Waals surface area contributed by atoms with E-state index in [-0.39, 0.29) is 10.6 Å². The Hall–Kier alpha value is -2.24. The molecule has 2 aliphatic rings. The molecule has 1 aliphatic heterocycles. The summed E-state index contributed by atoms with van der Waals surface area (Å²) in [4.78, 5) is 22.7. The van der Waals surface area contributed by atoms with Crippen LogP contribution in [0.25, 0.3) is 0 Å². The maximum atomic E-state index is 13.3. The van der Waals surface area contributed by atoms with Crippen LogP contribution in [0.1, 0.15) is 40.0 Å². The number of non-ortho nitro benzene ring substituents is 1. The highest BCUT2D eigenvalue weighted by atomic mass is 32.2. The number of sulfonamides is 1. The molecule has 1 aromatic rings. The standard InChI is InChI=1S/C17H23N3O7S/c1-17(2,3)27-16(22)18-15(21)13-5-4-6-14(13)19(18)28(25,26)12-9-7-11(8-10-12)20(23)24/h7-10,13-15,21H,4-6H2,1-3H3. The van der Waals surface area contributed by atoms with Crippen molar-refractivity contribution in [2.45, 2.75) is 62.8 Å². The van der Waals surface area contributed by atoms with Crippen LogP contribution >= 0.6 is 0 Å². The molecular weight excluding hydrogens is 390 g/mol. The number of hydrazine groups is 1. The molecule has 1 aliphatic carbocycles. The zero-order chi connectivity index (χ0) is 20.9.